The van der Waals surface area contributed by atoms with Gasteiger partial charge in [-0.25, -0.2) is 21.3 Å². The number of aromatic hydroxyl groups is 1. The highest BCUT2D eigenvalue weighted by Gasteiger charge is 2.38. The molecule has 3 amide bonds. The van der Waals surface area contributed by atoms with Crippen LogP contribution >= 0.6 is 0 Å². The maximum absolute atomic E-state index is 14.0. The first-order valence-corrected chi connectivity index (χ1v) is 20.2. The van der Waals surface area contributed by atoms with Gasteiger partial charge in [0.15, 0.2) is 0 Å². The third kappa shape index (κ3) is 18.0. The molecule has 20 heteroatoms. The van der Waals surface area contributed by atoms with E-state index >= 15 is 0 Å². The number of rotatable bonds is 29. The highest BCUT2D eigenvalue weighted by molar-refractivity contribution is 6.41. The fourth-order valence-electron chi connectivity index (χ4n) is 6.49. The van der Waals surface area contributed by atoms with Gasteiger partial charge in [0.1, 0.15) is 42.7 Å². The van der Waals surface area contributed by atoms with Gasteiger partial charge in [0, 0.05) is 13.0 Å². The first-order chi connectivity index (χ1) is 27.5. The van der Waals surface area contributed by atoms with Gasteiger partial charge in [-0.3, -0.25) is 39.9 Å². The van der Waals surface area contributed by atoms with E-state index < -0.39 is 78.1 Å². The van der Waals surface area contributed by atoms with Crippen molar-refractivity contribution in [2.45, 2.75) is 134 Å². The number of hydrogen-bond acceptors (Lipinski definition) is 18. The summed E-state index contributed by atoms with van der Waals surface area (Å²) < 4.78 is 0. The summed E-state index contributed by atoms with van der Waals surface area (Å²) in [5.74, 6) is -3.51. The van der Waals surface area contributed by atoms with Crippen molar-refractivity contribution in [3.63, 3.8) is 0 Å². The molecule has 18 N–H and O–H groups in total. The summed E-state index contributed by atoms with van der Waals surface area (Å²) in [4.78, 5) is 80.0. The normalized spacial score (nSPS) is 17.8. The second kappa shape index (κ2) is 26.3. The van der Waals surface area contributed by atoms with E-state index in [-0.39, 0.29) is 36.8 Å². The van der Waals surface area contributed by atoms with Crippen molar-refractivity contribution in [2.24, 2.45) is 40.5 Å². The lowest BCUT2D eigenvalue weighted by Crippen LogP contribution is -2.61. The molecule has 0 aliphatic carbocycles. The van der Waals surface area contributed by atoms with Crippen molar-refractivity contribution >= 4 is 35.6 Å². The first-order valence-electron chi connectivity index (χ1n) is 20.2. The number of nitrogens with one attached hydrogen (secondary N) is 7. The summed E-state index contributed by atoms with van der Waals surface area (Å²) in [5.41, 5.74) is 37.9. The zero-order valence-corrected chi connectivity index (χ0v) is 34.4. The standard InChI is InChI=1S/C38H69N13O7/c1-5-23(4)31(49-48-25(21-52)19-22(2)3)36(58)47-34(56)29(20-24-12-14-26(53)15-13-24)46-35(57)30-11-8-18-51(30)50-28(10-7-17-45-38(42)43)33(55)32(54)27(39)9-6-16-44-37(40)41/h12-15,21-23,25,27-31,37-38,44-45,48-50,53H,5-11,16-20,39-43H2,1-4H3,(H,46,57)(H,47,56,58)/t23-,25-,27-,28-,29-,30-,31?/m0/s1. The molecule has 1 fully saturated rings. The van der Waals surface area contributed by atoms with Crippen LogP contribution in [0.5, 0.6) is 5.75 Å². The Morgan fingerprint density at radius 3 is 2.05 bits per heavy atom. The number of Topliss-reactive ketones (excluding diaryl/α,β-unsaturated/α-hetero) is 2. The second-order valence-electron chi connectivity index (χ2n) is 15.4. The Kier molecular flexibility index (Phi) is 22.9. The number of nitrogens with zero attached hydrogens (tertiary/aromatic N) is 1. The van der Waals surface area contributed by atoms with E-state index in [0.717, 1.165) is 6.29 Å². The van der Waals surface area contributed by atoms with Crippen LogP contribution in [0.25, 0.3) is 0 Å². The second-order valence-corrected chi connectivity index (χ2v) is 15.4. The Bertz CT molecular complexity index is 1450. The van der Waals surface area contributed by atoms with Crippen molar-refractivity contribution in [2.75, 3.05) is 19.6 Å². The predicted molar refractivity (Wildman–Crippen MR) is 219 cm³/mol. The third-order valence-corrected chi connectivity index (χ3v) is 9.96. The van der Waals surface area contributed by atoms with Gasteiger partial charge in [-0.15, -0.1) is 0 Å². The number of ketones is 2. The molecule has 0 bridgehead atoms. The molecule has 7 atom stereocenters. The summed E-state index contributed by atoms with van der Waals surface area (Å²) in [6, 6.07) is 0.442. The molecule has 1 saturated heterocycles. The van der Waals surface area contributed by atoms with Gasteiger partial charge in [0.05, 0.1) is 18.1 Å². The smallest absolute Gasteiger partial charge is 0.249 e. The molecule has 1 aromatic carbocycles. The maximum Gasteiger partial charge on any atom is 0.249 e. The number of amides is 3. The number of phenols is 1. The zero-order valence-electron chi connectivity index (χ0n) is 34.4. The number of hydrazine groups is 2. The summed E-state index contributed by atoms with van der Waals surface area (Å²) in [6.07, 6.45) is 2.50. The Hall–Kier alpha value is -3.80. The minimum atomic E-state index is -1.23. The Labute approximate surface area is 341 Å². The number of imide groups is 1. The molecular weight excluding hydrogens is 751 g/mol. The van der Waals surface area contributed by atoms with Crippen molar-refractivity contribution in [3.8, 4) is 5.75 Å². The lowest BCUT2D eigenvalue weighted by atomic mass is 9.97. The largest absolute Gasteiger partial charge is 0.508 e. The topological polar surface area (TPSA) is 340 Å². The Morgan fingerprint density at radius 1 is 0.862 bits per heavy atom. The fraction of sp³-hybridized carbons (Fsp3) is 0.684. The van der Waals surface area contributed by atoms with Crippen LogP contribution in [0.2, 0.25) is 0 Å². The zero-order chi connectivity index (χ0) is 43.4. The predicted octanol–water partition coefficient (Wildman–Crippen LogP) is -2.87. The van der Waals surface area contributed by atoms with Gasteiger partial charge >= 0.3 is 0 Å². The van der Waals surface area contributed by atoms with Crippen LogP contribution < -0.4 is 66.2 Å². The van der Waals surface area contributed by atoms with Crippen LogP contribution in [-0.4, -0.2) is 114 Å². The molecule has 0 spiro atoms. The van der Waals surface area contributed by atoms with Crippen LogP contribution in [0.3, 0.4) is 0 Å². The molecular formula is C38H69N13O7. The number of carbonyl (C=O) groups is 6. The molecule has 328 valence electrons. The van der Waals surface area contributed by atoms with Gasteiger partial charge in [-0.05, 0) is 87.6 Å². The van der Waals surface area contributed by atoms with E-state index in [1.807, 2.05) is 27.7 Å². The first kappa shape index (κ1) is 50.3. The number of aldehydes is 1. The van der Waals surface area contributed by atoms with Crippen LogP contribution in [0.1, 0.15) is 84.6 Å². The molecule has 1 aromatic rings. The number of nitrogens with two attached hydrogens (primary N) is 5. The molecule has 2 rings (SSSR count). The van der Waals surface area contributed by atoms with Gasteiger partial charge in [-0.1, -0.05) is 46.2 Å². The van der Waals surface area contributed by atoms with Crippen LogP contribution in [-0.2, 0) is 35.2 Å². The van der Waals surface area contributed by atoms with Crippen LogP contribution in [0, 0.1) is 11.8 Å². The molecule has 1 heterocycles. The molecule has 0 radical (unpaired) electrons. The summed E-state index contributed by atoms with van der Waals surface area (Å²) in [6.45, 7) is 8.76. The van der Waals surface area contributed by atoms with E-state index in [0.29, 0.717) is 63.7 Å². The van der Waals surface area contributed by atoms with Crippen LogP contribution in [0.4, 0.5) is 0 Å². The Morgan fingerprint density at radius 2 is 1.48 bits per heavy atom. The van der Waals surface area contributed by atoms with Crippen LogP contribution in [0.15, 0.2) is 24.3 Å². The molecule has 0 saturated carbocycles. The average Bonchev–Trinajstić information content (AvgIpc) is 3.65. The fourth-order valence-corrected chi connectivity index (χ4v) is 6.49. The molecule has 1 aliphatic rings. The number of carbonyl (C=O) groups excluding carboxylic acids is 6. The maximum atomic E-state index is 14.0. The Balaban J connectivity index is 2.28. The van der Waals surface area contributed by atoms with E-state index in [1.54, 1.807) is 17.1 Å². The molecule has 20 nitrogen and oxygen atoms in total. The summed E-state index contributed by atoms with van der Waals surface area (Å²) >= 11 is 0. The summed E-state index contributed by atoms with van der Waals surface area (Å²) in [5, 5.41) is 22.4. The molecule has 1 aliphatic heterocycles. The molecule has 58 heavy (non-hydrogen) atoms. The van der Waals surface area contributed by atoms with Crippen molar-refractivity contribution < 1.29 is 33.9 Å². The number of benzene rings is 1. The summed E-state index contributed by atoms with van der Waals surface area (Å²) in [7, 11) is 0. The number of hydrogen-bond donors (Lipinski definition) is 13. The third-order valence-electron chi connectivity index (χ3n) is 9.96. The lowest BCUT2D eigenvalue weighted by Gasteiger charge is -2.30. The SMILES string of the molecule is CC[C@H](C)C(NN[C@H](C=O)CC(C)C)C(=O)NC(=O)[C@H](Cc1ccc(O)cc1)NC(=O)[C@@H]1CCCN1N[C@@H](CCCNC(N)N)C(=O)C(=O)[C@@H](N)CCCNC(N)N. The monoisotopic (exact) mass is 820 g/mol. The molecule has 1 unspecified atom stereocenters. The minimum Gasteiger partial charge on any atom is -0.508 e. The quantitative estimate of drug-likeness (QED) is 0.0127. The highest BCUT2D eigenvalue weighted by atomic mass is 16.3. The lowest BCUT2D eigenvalue weighted by molar-refractivity contribution is -0.140. The van der Waals surface area contributed by atoms with Gasteiger partial charge in [-0.2, -0.15) is 0 Å². The highest BCUT2D eigenvalue weighted by Crippen LogP contribution is 2.19. The minimum absolute atomic E-state index is 0.0104. The van der Waals surface area contributed by atoms with E-state index in [1.165, 1.54) is 12.1 Å². The average molecular weight is 820 g/mol. The van der Waals surface area contributed by atoms with E-state index in [4.69, 9.17) is 28.7 Å². The van der Waals surface area contributed by atoms with Crippen molar-refractivity contribution in [3.05, 3.63) is 29.8 Å². The molecule has 0 aromatic heterocycles. The van der Waals surface area contributed by atoms with Gasteiger partial charge < -0.3 is 43.9 Å². The van der Waals surface area contributed by atoms with Crippen molar-refractivity contribution in [1.82, 2.24) is 42.6 Å². The van der Waals surface area contributed by atoms with E-state index in [9.17, 15) is 33.9 Å². The number of phenolic OH excluding ortho intramolecular Hbond substituents is 1. The van der Waals surface area contributed by atoms with Crippen molar-refractivity contribution in [1.29, 1.82) is 0 Å². The van der Waals surface area contributed by atoms with Gasteiger partial charge in [0.25, 0.3) is 0 Å². The van der Waals surface area contributed by atoms with E-state index in [2.05, 4.69) is 37.5 Å². The van der Waals surface area contributed by atoms with Gasteiger partial charge in [0.2, 0.25) is 29.3 Å².